The number of amides is 1. The van der Waals surface area contributed by atoms with Crippen molar-refractivity contribution in [2.45, 2.75) is 37.6 Å². The summed E-state index contributed by atoms with van der Waals surface area (Å²) in [5, 5.41) is 7.37. The van der Waals surface area contributed by atoms with Crippen molar-refractivity contribution in [2.75, 3.05) is 14.2 Å². The van der Waals surface area contributed by atoms with Crippen LogP contribution in [0.25, 0.3) is 0 Å². The van der Waals surface area contributed by atoms with Crippen LogP contribution in [0.4, 0.5) is 0 Å². The van der Waals surface area contributed by atoms with Crippen LogP contribution in [0.1, 0.15) is 42.4 Å². The Morgan fingerprint density at radius 2 is 1.63 bits per heavy atom. The monoisotopic (exact) mass is 470 g/mol. The summed E-state index contributed by atoms with van der Waals surface area (Å²) in [6.45, 7) is 0.488. The van der Waals surface area contributed by atoms with Crippen molar-refractivity contribution in [3.05, 3.63) is 59.2 Å². The molecule has 4 rings (SSSR count). The van der Waals surface area contributed by atoms with E-state index in [-0.39, 0.29) is 17.7 Å². The molecule has 0 unspecified atom stereocenters. The molecule has 1 aliphatic carbocycles. The number of nitrogens with zero attached hydrogens (tertiary/aromatic N) is 2. The van der Waals surface area contributed by atoms with Gasteiger partial charge in [0.15, 0.2) is 11.5 Å². The van der Waals surface area contributed by atoms with Gasteiger partial charge in [-0.1, -0.05) is 53.0 Å². The largest absolute Gasteiger partial charge is 0.493 e. The standard InChI is InChI=1S/C24H27BrN2O3/c1-29-21-12-11-18(13-22(21)30-2)23-19-5-3-4-6-20(19)24(28)27(26-23)15-17-9-7-16(14-25)8-10-17/h7-13,19-20H,3-6,14-15H2,1-2H3/t19-,20+/m0/s1. The summed E-state index contributed by atoms with van der Waals surface area (Å²) in [5.41, 5.74) is 4.28. The van der Waals surface area contributed by atoms with E-state index in [0.29, 0.717) is 18.0 Å². The van der Waals surface area contributed by atoms with Gasteiger partial charge in [-0.05, 0) is 42.2 Å². The van der Waals surface area contributed by atoms with Crippen molar-refractivity contribution in [1.29, 1.82) is 0 Å². The maximum atomic E-state index is 13.3. The molecule has 0 aromatic heterocycles. The van der Waals surface area contributed by atoms with E-state index >= 15 is 0 Å². The van der Waals surface area contributed by atoms with Gasteiger partial charge < -0.3 is 9.47 Å². The fourth-order valence-corrected chi connectivity index (χ4v) is 4.86. The smallest absolute Gasteiger partial charge is 0.246 e. The number of methoxy groups -OCH3 is 2. The Hall–Kier alpha value is -2.34. The first-order valence-corrected chi connectivity index (χ1v) is 11.5. The molecule has 0 spiro atoms. The van der Waals surface area contributed by atoms with E-state index in [2.05, 4.69) is 40.2 Å². The number of alkyl halides is 1. The number of hydrogen-bond donors (Lipinski definition) is 0. The number of rotatable bonds is 6. The Morgan fingerprint density at radius 3 is 2.30 bits per heavy atom. The molecule has 1 amide bonds. The third kappa shape index (κ3) is 4.10. The second kappa shape index (κ2) is 9.21. The van der Waals surface area contributed by atoms with Crippen LogP contribution in [0, 0.1) is 11.8 Å². The zero-order valence-corrected chi connectivity index (χ0v) is 19.0. The van der Waals surface area contributed by atoms with Crippen molar-refractivity contribution in [3.63, 3.8) is 0 Å². The number of hydrazone groups is 1. The molecule has 0 N–H and O–H groups in total. The number of halogens is 1. The highest BCUT2D eigenvalue weighted by molar-refractivity contribution is 9.08. The van der Waals surface area contributed by atoms with E-state index in [9.17, 15) is 4.79 Å². The van der Waals surface area contributed by atoms with Gasteiger partial charge in [-0.2, -0.15) is 5.10 Å². The summed E-state index contributed by atoms with van der Waals surface area (Å²) in [6, 6.07) is 14.2. The molecule has 0 radical (unpaired) electrons. The van der Waals surface area contributed by atoms with Crippen molar-refractivity contribution in [3.8, 4) is 11.5 Å². The maximum absolute atomic E-state index is 13.3. The van der Waals surface area contributed by atoms with Gasteiger partial charge >= 0.3 is 0 Å². The van der Waals surface area contributed by atoms with E-state index < -0.39 is 0 Å². The van der Waals surface area contributed by atoms with E-state index in [1.54, 1.807) is 19.2 Å². The minimum absolute atomic E-state index is 0.00108. The number of hydrogen-bond acceptors (Lipinski definition) is 4. The predicted molar refractivity (Wildman–Crippen MR) is 121 cm³/mol. The van der Waals surface area contributed by atoms with Gasteiger partial charge in [0.1, 0.15) is 0 Å². The summed E-state index contributed by atoms with van der Waals surface area (Å²) < 4.78 is 10.9. The Labute approximate surface area is 186 Å². The quantitative estimate of drug-likeness (QED) is 0.548. The summed E-state index contributed by atoms with van der Waals surface area (Å²) in [4.78, 5) is 13.3. The third-order valence-electron chi connectivity index (χ3n) is 6.11. The van der Waals surface area contributed by atoms with Crippen LogP contribution >= 0.6 is 15.9 Å². The Kier molecular flexibility index (Phi) is 6.42. The van der Waals surface area contributed by atoms with E-state index in [4.69, 9.17) is 14.6 Å². The first-order valence-electron chi connectivity index (χ1n) is 10.4. The van der Waals surface area contributed by atoms with Gasteiger partial charge in [-0.15, -0.1) is 0 Å². The molecule has 2 aromatic rings. The highest BCUT2D eigenvalue weighted by Gasteiger charge is 2.41. The molecule has 5 nitrogen and oxygen atoms in total. The van der Waals surface area contributed by atoms with Gasteiger partial charge in [-0.25, -0.2) is 5.01 Å². The zero-order chi connectivity index (χ0) is 21.1. The molecule has 1 saturated carbocycles. The van der Waals surface area contributed by atoms with Crippen LogP contribution < -0.4 is 9.47 Å². The fraction of sp³-hybridized carbons (Fsp3) is 0.417. The molecule has 2 aromatic carbocycles. The van der Waals surface area contributed by atoms with Crippen molar-refractivity contribution in [2.24, 2.45) is 16.9 Å². The van der Waals surface area contributed by atoms with Gasteiger partial charge in [0, 0.05) is 22.7 Å². The summed E-state index contributed by atoms with van der Waals surface area (Å²) in [5.74, 6) is 1.68. The van der Waals surface area contributed by atoms with Crippen molar-refractivity contribution in [1.82, 2.24) is 5.01 Å². The lowest BCUT2D eigenvalue weighted by Gasteiger charge is -2.38. The molecule has 2 atom stereocenters. The average molecular weight is 471 g/mol. The first-order chi connectivity index (χ1) is 14.6. The Morgan fingerprint density at radius 1 is 0.967 bits per heavy atom. The Balaban J connectivity index is 1.70. The summed E-state index contributed by atoms with van der Waals surface area (Å²) in [7, 11) is 3.27. The van der Waals surface area contributed by atoms with Crippen LogP contribution in [-0.2, 0) is 16.7 Å². The molecule has 1 heterocycles. The van der Waals surface area contributed by atoms with Gasteiger partial charge in [0.05, 0.1) is 26.5 Å². The van der Waals surface area contributed by atoms with Crippen molar-refractivity contribution < 1.29 is 14.3 Å². The molecule has 0 bridgehead atoms. The minimum Gasteiger partial charge on any atom is -0.493 e. The van der Waals surface area contributed by atoms with Crippen LogP contribution in [0.2, 0.25) is 0 Å². The molecule has 158 valence electrons. The van der Waals surface area contributed by atoms with Crippen LogP contribution in [0.5, 0.6) is 11.5 Å². The highest BCUT2D eigenvalue weighted by atomic mass is 79.9. The van der Waals surface area contributed by atoms with Crippen LogP contribution in [0.3, 0.4) is 0 Å². The minimum atomic E-state index is 0.00108. The molecule has 1 aliphatic heterocycles. The van der Waals surface area contributed by atoms with E-state index in [1.165, 1.54) is 5.56 Å². The molecular weight excluding hydrogens is 444 g/mol. The van der Waals surface area contributed by atoms with E-state index in [1.807, 2.05) is 18.2 Å². The fourth-order valence-electron chi connectivity index (χ4n) is 4.49. The van der Waals surface area contributed by atoms with Gasteiger partial charge in [0.25, 0.3) is 0 Å². The van der Waals surface area contributed by atoms with Gasteiger partial charge in [-0.3, -0.25) is 4.79 Å². The zero-order valence-electron chi connectivity index (χ0n) is 17.4. The Bertz CT molecular complexity index is 942. The third-order valence-corrected chi connectivity index (χ3v) is 6.75. The number of benzene rings is 2. The van der Waals surface area contributed by atoms with Crippen molar-refractivity contribution >= 4 is 27.5 Å². The first kappa shape index (κ1) is 20.9. The lowest BCUT2D eigenvalue weighted by atomic mass is 9.73. The predicted octanol–water partition coefficient (Wildman–Crippen LogP) is 5.15. The molecule has 6 heteroatoms. The normalized spacial score (nSPS) is 21.1. The summed E-state index contributed by atoms with van der Waals surface area (Å²) >= 11 is 3.48. The molecule has 2 aliphatic rings. The SMILES string of the molecule is COc1ccc(C2=NN(Cc3ccc(CBr)cc3)C(=O)[C@@H]3CCCC[C@H]23)cc1OC. The van der Waals surface area contributed by atoms with Gasteiger partial charge in [0.2, 0.25) is 5.91 Å². The number of carbonyl (C=O) groups excluding carboxylic acids is 1. The maximum Gasteiger partial charge on any atom is 0.246 e. The molecule has 0 saturated heterocycles. The molecular formula is C24H27BrN2O3. The lowest BCUT2D eigenvalue weighted by Crippen LogP contribution is -2.45. The topological polar surface area (TPSA) is 51.1 Å². The van der Waals surface area contributed by atoms with Crippen LogP contribution in [0.15, 0.2) is 47.6 Å². The number of fused-ring (bicyclic) bond motifs is 1. The average Bonchev–Trinajstić information content (AvgIpc) is 2.81. The number of carbonyl (C=O) groups is 1. The highest BCUT2D eigenvalue weighted by Crippen LogP contribution is 2.39. The van der Waals surface area contributed by atoms with E-state index in [0.717, 1.165) is 47.9 Å². The van der Waals surface area contributed by atoms with Crippen LogP contribution in [-0.4, -0.2) is 30.8 Å². The second-order valence-corrected chi connectivity index (χ2v) is 8.46. The second-order valence-electron chi connectivity index (χ2n) is 7.90. The lowest BCUT2D eigenvalue weighted by molar-refractivity contribution is -0.139. The number of ether oxygens (including phenoxy) is 2. The molecule has 1 fully saturated rings. The molecule has 30 heavy (non-hydrogen) atoms. The summed E-state index contributed by atoms with van der Waals surface area (Å²) in [6.07, 6.45) is 4.15.